The second-order valence-electron chi connectivity index (χ2n) is 8.57. The van der Waals surface area contributed by atoms with Crippen LogP contribution < -0.4 is 0 Å². The summed E-state index contributed by atoms with van der Waals surface area (Å²) in [5.74, 6) is 0. The standard InChI is InChI=1S/C24H50O2/c1-4-7-9-11-13-15-17-19-21-24(26,6-3)22-23(25)20-18-16-14-12-10-8-5-2/h23,25-26H,4-22H2,1-3H3. The maximum absolute atomic E-state index is 10.8. The first-order chi connectivity index (χ1) is 12.6. The number of hydrogen-bond acceptors (Lipinski definition) is 2. The Morgan fingerprint density at radius 2 is 1.04 bits per heavy atom. The Labute approximate surface area is 165 Å². The van der Waals surface area contributed by atoms with Gasteiger partial charge < -0.3 is 10.2 Å². The Kier molecular flexibility index (Phi) is 18.2. The molecule has 2 N–H and O–H groups in total. The van der Waals surface area contributed by atoms with Crippen molar-refractivity contribution in [2.45, 2.75) is 154 Å². The molecule has 2 atom stereocenters. The molecule has 26 heavy (non-hydrogen) atoms. The fourth-order valence-corrected chi connectivity index (χ4v) is 3.89. The van der Waals surface area contributed by atoms with Crippen molar-refractivity contribution in [2.75, 3.05) is 0 Å². The molecule has 0 aromatic carbocycles. The minimum absolute atomic E-state index is 0.329. The molecule has 0 aliphatic heterocycles. The molecule has 0 fully saturated rings. The second-order valence-corrected chi connectivity index (χ2v) is 8.57. The van der Waals surface area contributed by atoms with E-state index in [0.29, 0.717) is 6.42 Å². The van der Waals surface area contributed by atoms with Gasteiger partial charge in [-0.25, -0.2) is 0 Å². The van der Waals surface area contributed by atoms with Gasteiger partial charge in [0, 0.05) is 6.42 Å². The largest absolute Gasteiger partial charge is 0.393 e. The molecule has 0 amide bonds. The molecule has 0 saturated carbocycles. The number of hydrogen-bond donors (Lipinski definition) is 2. The number of aliphatic hydroxyl groups is 2. The molecule has 158 valence electrons. The molecule has 2 nitrogen and oxygen atoms in total. The molecule has 0 bridgehead atoms. The van der Waals surface area contributed by atoms with Crippen LogP contribution in [0.3, 0.4) is 0 Å². The minimum atomic E-state index is -0.650. The molecule has 0 radical (unpaired) electrons. The first-order valence-corrected chi connectivity index (χ1v) is 12.0. The average Bonchev–Trinajstić information content (AvgIpc) is 2.63. The molecule has 2 unspecified atom stereocenters. The van der Waals surface area contributed by atoms with Crippen LogP contribution in [-0.2, 0) is 0 Å². The van der Waals surface area contributed by atoms with Crippen LogP contribution in [0.15, 0.2) is 0 Å². The molecule has 0 aromatic rings. The molecule has 0 rings (SSSR count). The zero-order valence-corrected chi connectivity index (χ0v) is 18.4. The van der Waals surface area contributed by atoms with Crippen LogP contribution in [-0.4, -0.2) is 21.9 Å². The summed E-state index contributed by atoms with van der Waals surface area (Å²) in [6.45, 7) is 6.57. The third-order valence-electron chi connectivity index (χ3n) is 5.91. The van der Waals surface area contributed by atoms with Crippen molar-refractivity contribution in [2.24, 2.45) is 0 Å². The first-order valence-electron chi connectivity index (χ1n) is 12.0. The van der Waals surface area contributed by atoms with Crippen LogP contribution in [0, 0.1) is 0 Å². The van der Waals surface area contributed by atoms with Gasteiger partial charge in [-0.2, -0.15) is 0 Å². The Bertz CT molecular complexity index is 279. The van der Waals surface area contributed by atoms with Crippen molar-refractivity contribution >= 4 is 0 Å². The Balaban J connectivity index is 3.71. The fourth-order valence-electron chi connectivity index (χ4n) is 3.89. The van der Waals surface area contributed by atoms with Gasteiger partial charge in [0.1, 0.15) is 0 Å². The summed E-state index contributed by atoms with van der Waals surface area (Å²) in [5.41, 5.74) is -0.650. The lowest BCUT2D eigenvalue weighted by atomic mass is 9.86. The molecule has 0 aliphatic carbocycles. The van der Waals surface area contributed by atoms with Crippen LogP contribution in [0.5, 0.6) is 0 Å². The van der Waals surface area contributed by atoms with Crippen LogP contribution in [0.4, 0.5) is 0 Å². The number of rotatable bonds is 20. The predicted octanol–water partition coefficient (Wildman–Crippen LogP) is 7.55. The summed E-state index contributed by atoms with van der Waals surface area (Å²) < 4.78 is 0. The van der Waals surface area contributed by atoms with E-state index >= 15 is 0 Å². The van der Waals surface area contributed by atoms with Crippen LogP contribution in [0.2, 0.25) is 0 Å². The van der Waals surface area contributed by atoms with E-state index in [0.717, 1.165) is 32.1 Å². The zero-order chi connectivity index (χ0) is 19.5. The summed E-state index contributed by atoms with van der Waals surface area (Å²) in [6.07, 6.45) is 22.0. The van der Waals surface area contributed by atoms with E-state index in [1.807, 2.05) is 0 Å². The molecule has 0 saturated heterocycles. The van der Waals surface area contributed by atoms with Crippen molar-refractivity contribution in [3.8, 4) is 0 Å². The van der Waals surface area contributed by atoms with Crippen molar-refractivity contribution in [1.29, 1.82) is 0 Å². The van der Waals surface area contributed by atoms with E-state index in [1.165, 1.54) is 83.5 Å². The van der Waals surface area contributed by atoms with E-state index in [1.54, 1.807) is 0 Å². The van der Waals surface area contributed by atoms with E-state index in [2.05, 4.69) is 20.8 Å². The predicted molar refractivity (Wildman–Crippen MR) is 116 cm³/mol. The van der Waals surface area contributed by atoms with Gasteiger partial charge in [0.05, 0.1) is 11.7 Å². The normalized spacial score (nSPS) is 15.1. The minimum Gasteiger partial charge on any atom is -0.393 e. The lowest BCUT2D eigenvalue weighted by Crippen LogP contribution is -2.32. The maximum Gasteiger partial charge on any atom is 0.0669 e. The van der Waals surface area contributed by atoms with Gasteiger partial charge >= 0.3 is 0 Å². The lowest BCUT2D eigenvalue weighted by Gasteiger charge is -2.29. The van der Waals surface area contributed by atoms with Gasteiger partial charge in [-0.3, -0.25) is 0 Å². The first kappa shape index (κ1) is 25.9. The molecule has 0 aliphatic rings. The van der Waals surface area contributed by atoms with E-state index in [9.17, 15) is 10.2 Å². The molecular formula is C24H50O2. The van der Waals surface area contributed by atoms with Crippen molar-refractivity contribution < 1.29 is 10.2 Å². The van der Waals surface area contributed by atoms with Gasteiger partial charge in [0.2, 0.25) is 0 Å². The summed E-state index contributed by atoms with van der Waals surface area (Å²) >= 11 is 0. The van der Waals surface area contributed by atoms with Gasteiger partial charge in [0.25, 0.3) is 0 Å². The van der Waals surface area contributed by atoms with Crippen LogP contribution in [0.25, 0.3) is 0 Å². The van der Waals surface area contributed by atoms with Crippen LogP contribution >= 0.6 is 0 Å². The lowest BCUT2D eigenvalue weighted by molar-refractivity contribution is -0.0244. The van der Waals surface area contributed by atoms with Gasteiger partial charge in [-0.05, 0) is 19.3 Å². The summed E-state index contributed by atoms with van der Waals surface area (Å²) in [6, 6.07) is 0. The van der Waals surface area contributed by atoms with Crippen molar-refractivity contribution in [1.82, 2.24) is 0 Å². The highest BCUT2D eigenvalue weighted by Gasteiger charge is 2.27. The number of unbranched alkanes of at least 4 members (excludes halogenated alkanes) is 13. The van der Waals surface area contributed by atoms with E-state index in [4.69, 9.17) is 0 Å². The highest BCUT2D eigenvalue weighted by Crippen LogP contribution is 2.26. The molecule has 0 heterocycles. The highest BCUT2D eigenvalue weighted by atomic mass is 16.3. The smallest absolute Gasteiger partial charge is 0.0669 e. The van der Waals surface area contributed by atoms with Gasteiger partial charge in [-0.15, -0.1) is 0 Å². The monoisotopic (exact) mass is 370 g/mol. The molecular weight excluding hydrogens is 320 g/mol. The van der Waals surface area contributed by atoms with E-state index in [-0.39, 0.29) is 6.10 Å². The summed E-state index contributed by atoms with van der Waals surface area (Å²) in [4.78, 5) is 0. The fraction of sp³-hybridized carbons (Fsp3) is 1.00. The Morgan fingerprint density at radius 3 is 1.50 bits per heavy atom. The molecule has 2 heteroatoms. The average molecular weight is 371 g/mol. The molecule has 0 aromatic heterocycles. The number of aliphatic hydroxyl groups excluding tert-OH is 1. The second kappa shape index (κ2) is 18.3. The zero-order valence-electron chi connectivity index (χ0n) is 18.4. The summed E-state index contributed by atoms with van der Waals surface area (Å²) in [5, 5.41) is 21.1. The quantitative estimate of drug-likeness (QED) is 0.217. The van der Waals surface area contributed by atoms with Crippen molar-refractivity contribution in [3.05, 3.63) is 0 Å². The Morgan fingerprint density at radius 1 is 0.615 bits per heavy atom. The van der Waals surface area contributed by atoms with Crippen molar-refractivity contribution in [3.63, 3.8) is 0 Å². The Hall–Kier alpha value is -0.0800. The topological polar surface area (TPSA) is 40.5 Å². The third-order valence-corrected chi connectivity index (χ3v) is 5.91. The van der Waals surface area contributed by atoms with Gasteiger partial charge in [0.15, 0.2) is 0 Å². The molecule has 0 spiro atoms. The van der Waals surface area contributed by atoms with Crippen LogP contribution in [0.1, 0.15) is 143 Å². The third kappa shape index (κ3) is 16.1. The SMILES string of the molecule is CCCCCCCCCCC(O)(CC)CC(O)CCCCCCCCC. The maximum atomic E-state index is 10.8. The van der Waals surface area contributed by atoms with Gasteiger partial charge in [-0.1, -0.05) is 117 Å². The van der Waals surface area contributed by atoms with E-state index < -0.39 is 5.60 Å². The highest BCUT2D eigenvalue weighted by molar-refractivity contribution is 4.80. The summed E-state index contributed by atoms with van der Waals surface area (Å²) in [7, 11) is 0.